The summed E-state index contributed by atoms with van der Waals surface area (Å²) in [5, 5.41) is 4.63. The van der Waals surface area contributed by atoms with E-state index in [0.717, 1.165) is 11.1 Å². The number of hydrazone groups is 1. The summed E-state index contributed by atoms with van der Waals surface area (Å²) in [5.41, 5.74) is 4.09. The molecule has 2 aromatic carbocycles. The number of hydrogen-bond acceptors (Lipinski definition) is 4. The molecule has 2 aromatic rings. The highest BCUT2D eigenvalue weighted by Crippen LogP contribution is 2.29. The molecular weight excluding hydrogens is 328 g/mol. The molecule has 0 saturated heterocycles. The Morgan fingerprint density at radius 2 is 2.00 bits per heavy atom. The summed E-state index contributed by atoms with van der Waals surface area (Å²) in [6.45, 7) is 2.39. The van der Waals surface area contributed by atoms with Crippen LogP contribution in [0.25, 0.3) is 0 Å². The predicted molar refractivity (Wildman–Crippen MR) is 95.1 cm³/mol. The summed E-state index contributed by atoms with van der Waals surface area (Å²) < 4.78 is 10.9. The second-order valence-corrected chi connectivity index (χ2v) is 5.34. The van der Waals surface area contributed by atoms with Crippen molar-refractivity contribution in [1.29, 1.82) is 0 Å². The molecule has 2 rings (SSSR count). The van der Waals surface area contributed by atoms with Crippen LogP contribution in [-0.2, 0) is 11.2 Å². The number of rotatable bonds is 7. The lowest BCUT2D eigenvalue weighted by Crippen LogP contribution is -2.19. The van der Waals surface area contributed by atoms with Crippen LogP contribution in [0.3, 0.4) is 0 Å². The van der Waals surface area contributed by atoms with Crippen molar-refractivity contribution in [2.75, 3.05) is 13.7 Å². The number of nitrogens with one attached hydrogen (secondary N) is 1. The number of hydrogen-bond donors (Lipinski definition) is 1. The van der Waals surface area contributed by atoms with Crippen molar-refractivity contribution in [2.24, 2.45) is 5.10 Å². The number of amides is 1. The smallest absolute Gasteiger partial charge is 0.244 e. The minimum Gasteiger partial charge on any atom is -0.493 e. The number of methoxy groups -OCH3 is 1. The number of para-hydroxylation sites is 1. The molecule has 0 atom stereocenters. The standard InChI is InChI=1S/C18H19ClN2O3/c1-3-24-18-14(5-4-6-16(18)23-2)12-20-21-17(22)11-13-7-9-15(19)10-8-13/h4-10,12H,3,11H2,1-2H3,(H,21,22)/b20-12-. The Kier molecular flexibility index (Phi) is 6.63. The molecule has 1 N–H and O–H groups in total. The molecule has 0 spiro atoms. The summed E-state index contributed by atoms with van der Waals surface area (Å²) in [6.07, 6.45) is 1.76. The quantitative estimate of drug-likeness (QED) is 0.617. The van der Waals surface area contributed by atoms with Crippen LogP contribution in [-0.4, -0.2) is 25.8 Å². The number of halogens is 1. The molecule has 0 bridgehead atoms. The van der Waals surface area contributed by atoms with Gasteiger partial charge in [0.05, 0.1) is 26.4 Å². The van der Waals surface area contributed by atoms with Gasteiger partial charge in [0.1, 0.15) is 0 Å². The topological polar surface area (TPSA) is 59.9 Å². The average molecular weight is 347 g/mol. The van der Waals surface area contributed by atoms with Gasteiger partial charge in [-0.25, -0.2) is 5.43 Å². The molecule has 0 radical (unpaired) electrons. The average Bonchev–Trinajstić information content (AvgIpc) is 2.58. The molecule has 0 heterocycles. The first-order valence-corrected chi connectivity index (χ1v) is 7.88. The minimum absolute atomic E-state index is 0.213. The molecule has 24 heavy (non-hydrogen) atoms. The van der Waals surface area contributed by atoms with Crippen LogP contribution in [0.4, 0.5) is 0 Å². The highest BCUT2D eigenvalue weighted by atomic mass is 35.5. The van der Waals surface area contributed by atoms with Crippen LogP contribution >= 0.6 is 11.6 Å². The third-order valence-corrected chi connectivity index (χ3v) is 3.44. The van der Waals surface area contributed by atoms with Gasteiger partial charge in [0.2, 0.25) is 5.91 Å². The molecule has 0 aliphatic heterocycles. The fourth-order valence-electron chi connectivity index (χ4n) is 2.10. The van der Waals surface area contributed by atoms with Crippen molar-refractivity contribution in [1.82, 2.24) is 5.43 Å². The molecule has 0 unspecified atom stereocenters. The zero-order chi connectivity index (χ0) is 17.4. The first-order valence-electron chi connectivity index (χ1n) is 7.50. The summed E-state index contributed by atoms with van der Waals surface area (Å²) in [7, 11) is 1.58. The van der Waals surface area contributed by atoms with Crippen molar-refractivity contribution in [3.8, 4) is 11.5 Å². The Morgan fingerprint density at radius 1 is 1.25 bits per heavy atom. The van der Waals surface area contributed by atoms with Gasteiger partial charge in [-0.15, -0.1) is 0 Å². The fourth-order valence-corrected chi connectivity index (χ4v) is 2.22. The normalized spacial score (nSPS) is 10.6. The van der Waals surface area contributed by atoms with E-state index in [0.29, 0.717) is 23.1 Å². The van der Waals surface area contributed by atoms with Gasteiger partial charge < -0.3 is 9.47 Å². The third-order valence-electron chi connectivity index (χ3n) is 3.19. The number of benzene rings is 2. The molecule has 1 amide bonds. The SMILES string of the molecule is CCOc1c(/C=N\NC(=O)Cc2ccc(Cl)cc2)cccc1OC. The van der Waals surface area contributed by atoms with E-state index in [1.165, 1.54) is 6.21 Å². The van der Waals surface area contributed by atoms with Gasteiger partial charge in [0, 0.05) is 10.6 Å². The summed E-state index contributed by atoms with van der Waals surface area (Å²) >= 11 is 5.82. The van der Waals surface area contributed by atoms with Gasteiger partial charge in [0.15, 0.2) is 11.5 Å². The molecule has 0 aromatic heterocycles. The Hall–Kier alpha value is -2.53. The van der Waals surface area contributed by atoms with E-state index in [9.17, 15) is 4.79 Å². The fraction of sp³-hybridized carbons (Fsp3) is 0.222. The lowest BCUT2D eigenvalue weighted by Gasteiger charge is -2.11. The van der Waals surface area contributed by atoms with Gasteiger partial charge >= 0.3 is 0 Å². The van der Waals surface area contributed by atoms with Gasteiger partial charge in [-0.1, -0.05) is 29.8 Å². The van der Waals surface area contributed by atoms with Crippen molar-refractivity contribution >= 4 is 23.7 Å². The van der Waals surface area contributed by atoms with Crippen molar-refractivity contribution in [2.45, 2.75) is 13.3 Å². The van der Waals surface area contributed by atoms with E-state index in [1.807, 2.05) is 19.1 Å². The number of nitrogens with zero attached hydrogens (tertiary/aromatic N) is 1. The van der Waals surface area contributed by atoms with E-state index in [1.54, 1.807) is 37.4 Å². The maximum Gasteiger partial charge on any atom is 0.244 e. The molecule has 0 aliphatic rings. The Morgan fingerprint density at radius 3 is 2.67 bits per heavy atom. The number of carbonyl (C=O) groups excluding carboxylic acids is 1. The van der Waals surface area contributed by atoms with Gasteiger partial charge in [0.25, 0.3) is 0 Å². The largest absolute Gasteiger partial charge is 0.493 e. The van der Waals surface area contributed by atoms with E-state index in [2.05, 4.69) is 10.5 Å². The van der Waals surface area contributed by atoms with Crippen molar-refractivity contribution in [3.63, 3.8) is 0 Å². The van der Waals surface area contributed by atoms with Crippen molar-refractivity contribution in [3.05, 3.63) is 58.6 Å². The zero-order valence-corrected chi connectivity index (χ0v) is 14.3. The highest BCUT2D eigenvalue weighted by molar-refractivity contribution is 6.30. The summed E-state index contributed by atoms with van der Waals surface area (Å²) in [5.74, 6) is 1.00. The Bertz CT molecular complexity index is 715. The first kappa shape index (κ1) is 17.8. The maximum atomic E-state index is 11.9. The van der Waals surface area contributed by atoms with Crippen LogP contribution in [0, 0.1) is 0 Å². The second kappa shape index (κ2) is 8.93. The second-order valence-electron chi connectivity index (χ2n) is 4.91. The Balaban J connectivity index is 2.00. The van der Waals surface area contributed by atoms with Gasteiger partial charge in [-0.2, -0.15) is 5.10 Å². The number of ether oxygens (including phenoxy) is 2. The van der Waals surface area contributed by atoms with E-state index >= 15 is 0 Å². The van der Waals surface area contributed by atoms with E-state index in [-0.39, 0.29) is 12.3 Å². The summed E-state index contributed by atoms with van der Waals surface area (Å²) in [6, 6.07) is 12.6. The maximum absolute atomic E-state index is 11.9. The third kappa shape index (κ3) is 4.99. The minimum atomic E-state index is -0.213. The first-order chi connectivity index (χ1) is 11.6. The summed E-state index contributed by atoms with van der Waals surface area (Å²) in [4.78, 5) is 11.9. The van der Waals surface area contributed by atoms with Gasteiger partial charge in [-0.05, 0) is 36.8 Å². The van der Waals surface area contributed by atoms with Crippen LogP contribution in [0.1, 0.15) is 18.1 Å². The highest BCUT2D eigenvalue weighted by Gasteiger charge is 2.08. The molecule has 0 aliphatic carbocycles. The van der Waals surface area contributed by atoms with Crippen LogP contribution in [0.2, 0.25) is 5.02 Å². The number of carbonyl (C=O) groups is 1. The van der Waals surface area contributed by atoms with Crippen LogP contribution in [0.15, 0.2) is 47.6 Å². The van der Waals surface area contributed by atoms with E-state index < -0.39 is 0 Å². The zero-order valence-electron chi connectivity index (χ0n) is 13.6. The lowest BCUT2D eigenvalue weighted by molar-refractivity contribution is -0.120. The molecule has 5 nitrogen and oxygen atoms in total. The van der Waals surface area contributed by atoms with Gasteiger partial charge in [-0.3, -0.25) is 4.79 Å². The van der Waals surface area contributed by atoms with Crippen LogP contribution in [0.5, 0.6) is 11.5 Å². The molecular formula is C18H19ClN2O3. The Labute approximate surface area is 146 Å². The molecule has 6 heteroatoms. The lowest BCUT2D eigenvalue weighted by atomic mass is 10.1. The predicted octanol–water partition coefficient (Wildman–Crippen LogP) is 3.44. The molecule has 0 fully saturated rings. The molecule has 0 saturated carbocycles. The monoisotopic (exact) mass is 346 g/mol. The van der Waals surface area contributed by atoms with E-state index in [4.69, 9.17) is 21.1 Å². The van der Waals surface area contributed by atoms with Crippen molar-refractivity contribution < 1.29 is 14.3 Å². The van der Waals surface area contributed by atoms with Crippen LogP contribution < -0.4 is 14.9 Å². The molecule has 126 valence electrons.